The second-order valence-corrected chi connectivity index (χ2v) is 19.5. The van der Waals surface area contributed by atoms with Crippen LogP contribution in [0.2, 0.25) is 0 Å². The van der Waals surface area contributed by atoms with Gasteiger partial charge in [-0.05, 0) is 121 Å². The van der Waals surface area contributed by atoms with Gasteiger partial charge in [-0.1, -0.05) is 84.9 Å². The monoisotopic (exact) mass is 992 g/mol. The molecule has 402 valence electrons. The van der Waals surface area contributed by atoms with Gasteiger partial charge in [0.2, 0.25) is 5.79 Å². The topological polar surface area (TPSA) is 205 Å². The van der Waals surface area contributed by atoms with Gasteiger partial charge >= 0.3 is 5.97 Å². The van der Waals surface area contributed by atoms with Crippen LogP contribution < -0.4 is 0 Å². The van der Waals surface area contributed by atoms with Crippen molar-refractivity contribution in [3.63, 3.8) is 0 Å². The summed E-state index contributed by atoms with van der Waals surface area (Å²) >= 11 is 0. The lowest BCUT2D eigenvalue weighted by Gasteiger charge is -2.39. The summed E-state index contributed by atoms with van der Waals surface area (Å²) in [5.74, 6) is -5.07. The standard InChI is InChI=1S/C28H46O6.C25H41NO8.C2H6/c1-19(13-11-10-12-14-20(2)25(7)34-16-15-32-8)17-22(4)26(30)28(33-9)27(31)23(5)18-21(3)24(6)29;1-16(13-18-9-10-20(27)21(14-18)32-3)15-33-24(30)19-8-4-5-11-26(19)23(29)22(28)25(31)17(2)7-6-12-34-25;1-2/h10-14,18-19,21-22,25,27-28,31H,15-17H2,1-9H3;16-21,27,31H,4-15H2,1-3H3;1-2H3/b12-10+,13-11?,20-14+,23-18+;;/t19-,21-,22?,25+,27?,28+;16-,17?,18+,19?,20?,21-,25?;/m11./s1. The fourth-order valence-electron chi connectivity index (χ4n) is 8.95. The van der Waals surface area contributed by atoms with Crippen LogP contribution in [0, 0.1) is 35.5 Å². The molecule has 3 fully saturated rings. The Morgan fingerprint density at radius 1 is 0.871 bits per heavy atom. The summed E-state index contributed by atoms with van der Waals surface area (Å²) in [7, 11) is 4.69. The number of Topliss-reactive ketones (excluding diaryl/α,β-unsaturated/α-hetero) is 3. The van der Waals surface area contributed by atoms with E-state index in [1.165, 1.54) is 18.9 Å². The highest BCUT2D eigenvalue weighted by Gasteiger charge is 2.50. The number of aliphatic hydroxyl groups is 3. The molecule has 6 unspecified atom stereocenters. The molecule has 2 heterocycles. The second kappa shape index (κ2) is 34.1. The third-order valence-corrected chi connectivity index (χ3v) is 13.7. The number of hydrogen-bond acceptors (Lipinski definition) is 14. The molecule has 3 aliphatic rings. The summed E-state index contributed by atoms with van der Waals surface area (Å²) in [6.07, 6.45) is 16.2. The lowest BCUT2D eigenvalue weighted by molar-refractivity contribution is -0.240. The Kier molecular flexibility index (Phi) is 31.5. The zero-order valence-electron chi connectivity index (χ0n) is 45.3. The number of likely N-dealkylation sites (tertiary alicyclic amines) is 1. The maximum atomic E-state index is 13.0. The van der Waals surface area contributed by atoms with E-state index in [0.717, 1.165) is 37.7 Å². The van der Waals surface area contributed by atoms with Crippen molar-refractivity contribution in [2.45, 2.75) is 183 Å². The smallest absolute Gasteiger partial charge is 0.328 e. The highest BCUT2D eigenvalue weighted by Crippen LogP contribution is 2.33. The molecule has 0 aromatic carbocycles. The van der Waals surface area contributed by atoms with E-state index >= 15 is 0 Å². The van der Waals surface area contributed by atoms with Gasteiger partial charge in [0.05, 0.1) is 44.7 Å². The van der Waals surface area contributed by atoms with E-state index in [0.29, 0.717) is 56.8 Å². The van der Waals surface area contributed by atoms with Crippen molar-refractivity contribution in [1.29, 1.82) is 0 Å². The number of rotatable bonds is 25. The summed E-state index contributed by atoms with van der Waals surface area (Å²) in [6, 6.07) is -0.831. The fraction of sp³-hybridized carbons (Fsp3) is 0.764. The van der Waals surface area contributed by atoms with Crippen LogP contribution in [0.5, 0.6) is 0 Å². The number of esters is 1. The fourth-order valence-corrected chi connectivity index (χ4v) is 8.95. The number of ketones is 3. The number of ether oxygens (including phenoxy) is 6. The highest BCUT2D eigenvalue weighted by atomic mass is 16.6. The summed E-state index contributed by atoms with van der Waals surface area (Å²) in [6.45, 7) is 22.5. The van der Waals surface area contributed by atoms with Crippen LogP contribution in [-0.4, -0.2) is 146 Å². The molecule has 1 saturated carbocycles. The molecule has 2 saturated heterocycles. The van der Waals surface area contributed by atoms with Crippen LogP contribution in [0.3, 0.4) is 0 Å². The van der Waals surface area contributed by atoms with Gasteiger partial charge < -0.3 is 48.6 Å². The van der Waals surface area contributed by atoms with Crippen LogP contribution in [0.25, 0.3) is 0 Å². The molecule has 1 amide bonds. The Hall–Kier alpha value is -3.41. The lowest BCUT2D eigenvalue weighted by atomic mass is 9.80. The van der Waals surface area contributed by atoms with E-state index in [1.807, 2.05) is 65.8 Å². The maximum Gasteiger partial charge on any atom is 0.328 e. The molecule has 15 heteroatoms. The van der Waals surface area contributed by atoms with E-state index in [1.54, 1.807) is 41.1 Å². The Bertz CT molecular complexity index is 1710. The van der Waals surface area contributed by atoms with E-state index in [-0.39, 0.29) is 67.2 Å². The van der Waals surface area contributed by atoms with E-state index in [9.17, 15) is 39.3 Å². The minimum atomic E-state index is -2.14. The molecule has 0 radical (unpaired) electrons. The Labute approximate surface area is 420 Å². The molecular formula is C55H93NO14. The van der Waals surface area contributed by atoms with Gasteiger partial charge in [-0.2, -0.15) is 0 Å². The summed E-state index contributed by atoms with van der Waals surface area (Å²) in [5.41, 5.74) is 1.69. The Morgan fingerprint density at radius 3 is 2.17 bits per heavy atom. The molecule has 2 aliphatic heterocycles. The second-order valence-electron chi connectivity index (χ2n) is 19.5. The van der Waals surface area contributed by atoms with Crippen molar-refractivity contribution in [3.05, 3.63) is 47.6 Å². The lowest BCUT2D eigenvalue weighted by Crippen LogP contribution is -2.59. The van der Waals surface area contributed by atoms with Crippen LogP contribution in [0.4, 0.5) is 0 Å². The number of allylic oxidation sites excluding steroid dienone is 6. The van der Waals surface area contributed by atoms with Crippen LogP contribution in [0.1, 0.15) is 140 Å². The van der Waals surface area contributed by atoms with Crippen molar-refractivity contribution < 1.29 is 67.7 Å². The first-order chi connectivity index (χ1) is 33.1. The van der Waals surface area contributed by atoms with Crippen molar-refractivity contribution in [3.8, 4) is 0 Å². The number of hydrogen-bond donors (Lipinski definition) is 3. The molecule has 3 N–H and O–H groups in total. The molecule has 70 heavy (non-hydrogen) atoms. The Morgan fingerprint density at radius 2 is 1.56 bits per heavy atom. The molecule has 0 bridgehead atoms. The average Bonchev–Trinajstić information content (AvgIpc) is 3.34. The van der Waals surface area contributed by atoms with Crippen LogP contribution >= 0.6 is 0 Å². The number of carbonyl (C=O) groups excluding carboxylic acids is 5. The maximum absolute atomic E-state index is 13.0. The molecule has 0 aromatic rings. The van der Waals surface area contributed by atoms with E-state index in [2.05, 4.69) is 13.0 Å². The molecular weight excluding hydrogens is 899 g/mol. The van der Waals surface area contributed by atoms with Gasteiger partial charge in [-0.25, -0.2) is 4.79 Å². The van der Waals surface area contributed by atoms with Crippen molar-refractivity contribution in [2.75, 3.05) is 54.3 Å². The SMILES string of the molecule is CC.COCCO[C@@H](C)/C(C)=C/C=C/C=C[C@@H](C)CC(C)C(=O)[C@H](OC)C(O)/C(C)=C/[C@@H](C)C(C)=O.CO[C@@H]1C[C@H](C[C@@H](C)COC(=O)C2CCCCN2C(=O)C(=O)C2(O)OCCCC2C)CCC1O. The zero-order chi connectivity index (χ0) is 53.1. The predicted molar refractivity (Wildman–Crippen MR) is 272 cm³/mol. The quantitative estimate of drug-likeness (QED) is 0.0264. The largest absolute Gasteiger partial charge is 0.464 e. The van der Waals surface area contributed by atoms with Crippen LogP contribution in [-0.2, 0) is 52.4 Å². The molecule has 3 rings (SSSR count). The summed E-state index contributed by atoms with van der Waals surface area (Å²) < 4.78 is 32.3. The van der Waals surface area contributed by atoms with Gasteiger partial charge in [0.1, 0.15) is 24.0 Å². The molecule has 15 nitrogen and oxygen atoms in total. The van der Waals surface area contributed by atoms with Gasteiger partial charge in [-0.15, -0.1) is 0 Å². The number of aliphatic hydroxyl groups excluding tert-OH is 2. The van der Waals surface area contributed by atoms with E-state index < -0.39 is 53.7 Å². The predicted octanol–water partition coefficient (Wildman–Crippen LogP) is 7.72. The van der Waals surface area contributed by atoms with Gasteiger partial charge in [0.15, 0.2) is 5.78 Å². The van der Waals surface area contributed by atoms with Crippen molar-refractivity contribution in [1.82, 2.24) is 4.90 Å². The number of carbonyl (C=O) groups is 5. The number of methoxy groups -OCH3 is 3. The van der Waals surface area contributed by atoms with Crippen molar-refractivity contribution >= 4 is 29.2 Å². The highest BCUT2D eigenvalue weighted by molar-refractivity contribution is 6.39. The van der Waals surface area contributed by atoms with Gasteiger partial charge in [-0.3, -0.25) is 19.2 Å². The number of piperidine rings is 1. The molecule has 1 aliphatic carbocycles. The Balaban J connectivity index is 0.000000676. The molecule has 13 atom stereocenters. The van der Waals surface area contributed by atoms with Gasteiger partial charge in [0.25, 0.3) is 11.7 Å². The minimum absolute atomic E-state index is 0.00504. The van der Waals surface area contributed by atoms with Crippen molar-refractivity contribution in [2.24, 2.45) is 35.5 Å². The number of amides is 1. The average molecular weight is 992 g/mol. The first-order valence-corrected chi connectivity index (χ1v) is 25.8. The number of nitrogens with zero attached hydrogens (tertiary/aromatic N) is 1. The molecule has 0 aromatic heterocycles. The first kappa shape index (κ1) is 64.6. The van der Waals surface area contributed by atoms with Gasteiger partial charge in [0, 0.05) is 45.6 Å². The van der Waals surface area contributed by atoms with Crippen LogP contribution in [0.15, 0.2) is 47.6 Å². The van der Waals surface area contributed by atoms with E-state index in [4.69, 9.17) is 28.4 Å². The third-order valence-electron chi connectivity index (χ3n) is 13.7. The molecule has 0 spiro atoms. The third kappa shape index (κ3) is 21.4. The normalized spacial score (nSPS) is 26.4. The minimum Gasteiger partial charge on any atom is -0.464 e. The first-order valence-electron chi connectivity index (χ1n) is 25.8. The summed E-state index contributed by atoms with van der Waals surface area (Å²) in [4.78, 5) is 64.6. The summed E-state index contributed by atoms with van der Waals surface area (Å²) in [5, 5.41) is 31.4. The zero-order valence-corrected chi connectivity index (χ0v) is 45.3.